The van der Waals surface area contributed by atoms with Crippen molar-refractivity contribution in [1.82, 2.24) is 0 Å². The zero-order chi connectivity index (χ0) is 57.1. The minimum Gasteiger partial charge on any atom is -0.462 e. The molecule has 0 aliphatic heterocycles. The van der Waals surface area contributed by atoms with E-state index in [9.17, 15) is 14.4 Å². The largest absolute Gasteiger partial charge is 0.462 e. The van der Waals surface area contributed by atoms with Crippen LogP contribution in [0.4, 0.5) is 0 Å². The van der Waals surface area contributed by atoms with Gasteiger partial charge in [0.2, 0.25) is 0 Å². The summed E-state index contributed by atoms with van der Waals surface area (Å²) in [5, 5.41) is 0. The Labute approximate surface area is 487 Å². The maximum absolute atomic E-state index is 12.9. The molecule has 79 heavy (non-hydrogen) atoms. The van der Waals surface area contributed by atoms with Crippen molar-refractivity contribution in [2.24, 2.45) is 0 Å². The molecule has 0 heterocycles. The van der Waals surface area contributed by atoms with E-state index in [1.54, 1.807) is 0 Å². The Balaban J connectivity index is 4.37. The molecule has 446 valence electrons. The lowest BCUT2D eigenvalue weighted by atomic mass is 10.0. The molecule has 0 aromatic carbocycles. The van der Waals surface area contributed by atoms with Crippen molar-refractivity contribution in [2.45, 2.75) is 284 Å². The van der Waals surface area contributed by atoms with E-state index in [-0.39, 0.29) is 31.1 Å². The molecular formula is C73H118O6. The Bertz CT molecular complexity index is 1730. The van der Waals surface area contributed by atoms with E-state index in [2.05, 4.69) is 167 Å². The second-order valence-electron chi connectivity index (χ2n) is 20.9. The van der Waals surface area contributed by atoms with Crippen LogP contribution in [-0.4, -0.2) is 37.2 Å². The third-order valence-corrected chi connectivity index (χ3v) is 13.3. The fourth-order valence-electron chi connectivity index (χ4n) is 8.57. The van der Waals surface area contributed by atoms with Gasteiger partial charge in [-0.3, -0.25) is 14.4 Å². The highest BCUT2D eigenvalue weighted by atomic mass is 16.6. The lowest BCUT2D eigenvalue weighted by molar-refractivity contribution is -0.167. The number of ether oxygens (including phenoxy) is 3. The van der Waals surface area contributed by atoms with E-state index >= 15 is 0 Å². The average Bonchev–Trinajstić information content (AvgIpc) is 3.45. The molecule has 0 aliphatic carbocycles. The number of carbonyl (C=O) groups excluding carboxylic acids is 3. The molecule has 0 bridgehead atoms. The van der Waals surface area contributed by atoms with Gasteiger partial charge in [-0.05, 0) is 122 Å². The van der Waals surface area contributed by atoms with Crippen molar-refractivity contribution < 1.29 is 28.6 Å². The van der Waals surface area contributed by atoms with Crippen LogP contribution in [0.5, 0.6) is 0 Å². The van der Waals surface area contributed by atoms with Crippen molar-refractivity contribution in [1.29, 1.82) is 0 Å². The van der Waals surface area contributed by atoms with E-state index in [4.69, 9.17) is 14.2 Å². The normalized spacial score (nSPS) is 13.1. The Morgan fingerprint density at radius 2 is 0.494 bits per heavy atom. The first-order valence-corrected chi connectivity index (χ1v) is 32.3. The first-order chi connectivity index (χ1) is 39.0. The van der Waals surface area contributed by atoms with Gasteiger partial charge in [-0.15, -0.1) is 0 Å². The van der Waals surface area contributed by atoms with Crippen LogP contribution in [0, 0.1) is 0 Å². The van der Waals surface area contributed by atoms with Gasteiger partial charge >= 0.3 is 17.9 Å². The summed E-state index contributed by atoms with van der Waals surface area (Å²) < 4.78 is 16.9. The predicted molar refractivity (Wildman–Crippen MR) is 343 cm³/mol. The molecule has 0 aromatic rings. The molecule has 6 nitrogen and oxygen atoms in total. The molecule has 6 heteroatoms. The number of carbonyl (C=O) groups is 3. The molecule has 0 radical (unpaired) electrons. The zero-order valence-corrected chi connectivity index (χ0v) is 51.1. The van der Waals surface area contributed by atoms with Crippen molar-refractivity contribution in [3.8, 4) is 0 Å². The number of allylic oxidation sites excluding steroid dienone is 24. The molecule has 0 fully saturated rings. The van der Waals surface area contributed by atoms with Crippen LogP contribution in [0.15, 0.2) is 146 Å². The SMILES string of the molecule is CC/C=C\C/C=C\C/C=C\C/C=C\C/C=C\C/C=C\C/C=C\C/C=C\CCCCCCCCC(=O)OCC(COC(=O)CCCCCCCCCCCCCCC)OC(=O)CCCCCC/C=C\C/C=C\C/C=C\C/C=C\CC. The summed E-state index contributed by atoms with van der Waals surface area (Å²) in [6.07, 6.45) is 94.2. The van der Waals surface area contributed by atoms with Crippen LogP contribution >= 0.6 is 0 Å². The molecule has 0 spiro atoms. The fraction of sp³-hybridized carbons (Fsp3) is 0.630. The summed E-state index contributed by atoms with van der Waals surface area (Å²) in [6.45, 7) is 6.38. The molecule has 0 rings (SSSR count). The highest BCUT2D eigenvalue weighted by Gasteiger charge is 2.19. The quantitative estimate of drug-likeness (QED) is 0.0261. The van der Waals surface area contributed by atoms with Gasteiger partial charge in [0.1, 0.15) is 13.2 Å². The van der Waals surface area contributed by atoms with Gasteiger partial charge in [-0.2, -0.15) is 0 Å². The van der Waals surface area contributed by atoms with E-state index in [1.807, 2.05) is 0 Å². The lowest BCUT2D eigenvalue weighted by Gasteiger charge is -2.18. The number of hydrogen-bond donors (Lipinski definition) is 0. The predicted octanol–water partition coefficient (Wildman–Crippen LogP) is 22.3. The van der Waals surface area contributed by atoms with Crippen LogP contribution in [-0.2, 0) is 28.6 Å². The van der Waals surface area contributed by atoms with Gasteiger partial charge in [0, 0.05) is 19.3 Å². The minimum atomic E-state index is -0.802. The van der Waals surface area contributed by atoms with Gasteiger partial charge in [0.15, 0.2) is 6.10 Å². The standard InChI is InChI=1S/C73H118O6/c1-4-7-10-13-16-19-22-25-27-29-30-31-32-33-34-35-36-37-38-39-40-41-42-44-45-48-51-54-57-60-63-66-72(75)78-69-70(68-77-71(74)65-62-59-56-53-50-47-24-21-18-15-12-9-6-3)79-73(76)67-64-61-58-55-52-49-46-43-28-26-23-20-17-14-11-8-5-2/h7-8,10-11,16-17,19-20,25-28,30-31,33-34,36-37,39-40,42,44,46,49,70H,4-6,9,12-15,18,21-24,29,32,35,38,41,43,45,47-48,50-69H2,1-3H3/b10-7-,11-8-,19-16-,20-17-,27-25-,28-26-,31-30-,34-33-,37-36-,40-39-,44-42-,49-46-. The fourth-order valence-corrected chi connectivity index (χ4v) is 8.57. The van der Waals surface area contributed by atoms with Gasteiger partial charge in [-0.25, -0.2) is 0 Å². The molecule has 0 saturated carbocycles. The average molecular weight is 1090 g/mol. The van der Waals surface area contributed by atoms with Gasteiger partial charge in [0.05, 0.1) is 0 Å². The van der Waals surface area contributed by atoms with Crippen LogP contribution in [0.1, 0.15) is 278 Å². The summed E-state index contributed by atoms with van der Waals surface area (Å²) in [5.74, 6) is -0.933. The third-order valence-electron chi connectivity index (χ3n) is 13.3. The number of unbranched alkanes of at least 4 members (excludes halogenated alkanes) is 22. The highest BCUT2D eigenvalue weighted by molar-refractivity contribution is 5.71. The minimum absolute atomic E-state index is 0.0951. The molecule has 0 N–H and O–H groups in total. The van der Waals surface area contributed by atoms with Crippen molar-refractivity contribution in [2.75, 3.05) is 13.2 Å². The Morgan fingerprint density at radius 3 is 0.772 bits per heavy atom. The molecule has 1 unspecified atom stereocenters. The third kappa shape index (κ3) is 64.0. The van der Waals surface area contributed by atoms with Gasteiger partial charge < -0.3 is 14.2 Å². The second kappa shape index (κ2) is 65.8. The number of rotatable bonds is 57. The molecule has 1 atom stereocenters. The summed E-state index contributed by atoms with van der Waals surface area (Å²) in [6, 6.07) is 0. The molecular weight excluding hydrogens is 973 g/mol. The Morgan fingerprint density at radius 1 is 0.266 bits per heavy atom. The molecule has 0 amide bonds. The Kier molecular flexibility index (Phi) is 61.9. The van der Waals surface area contributed by atoms with Crippen LogP contribution < -0.4 is 0 Å². The van der Waals surface area contributed by atoms with E-state index < -0.39 is 6.10 Å². The van der Waals surface area contributed by atoms with Gasteiger partial charge in [0.25, 0.3) is 0 Å². The van der Waals surface area contributed by atoms with Crippen molar-refractivity contribution >= 4 is 17.9 Å². The molecule has 0 aliphatic rings. The topological polar surface area (TPSA) is 78.9 Å². The first kappa shape index (κ1) is 74.3. The summed E-state index contributed by atoms with van der Waals surface area (Å²) in [7, 11) is 0. The smallest absolute Gasteiger partial charge is 0.306 e. The van der Waals surface area contributed by atoms with Crippen LogP contribution in [0.3, 0.4) is 0 Å². The maximum Gasteiger partial charge on any atom is 0.306 e. The lowest BCUT2D eigenvalue weighted by Crippen LogP contribution is -2.30. The van der Waals surface area contributed by atoms with Gasteiger partial charge in [-0.1, -0.05) is 282 Å². The van der Waals surface area contributed by atoms with Crippen molar-refractivity contribution in [3.63, 3.8) is 0 Å². The van der Waals surface area contributed by atoms with Crippen LogP contribution in [0.25, 0.3) is 0 Å². The number of esters is 3. The summed E-state index contributed by atoms with van der Waals surface area (Å²) in [4.78, 5) is 38.3. The number of hydrogen-bond acceptors (Lipinski definition) is 6. The zero-order valence-electron chi connectivity index (χ0n) is 51.1. The van der Waals surface area contributed by atoms with Crippen molar-refractivity contribution in [3.05, 3.63) is 146 Å². The van der Waals surface area contributed by atoms with E-state index in [0.29, 0.717) is 19.3 Å². The van der Waals surface area contributed by atoms with E-state index in [1.165, 1.54) is 77.0 Å². The molecule has 0 aromatic heterocycles. The summed E-state index contributed by atoms with van der Waals surface area (Å²) in [5.41, 5.74) is 0. The van der Waals surface area contributed by atoms with E-state index in [0.717, 1.165) is 161 Å². The summed E-state index contributed by atoms with van der Waals surface area (Å²) >= 11 is 0. The first-order valence-electron chi connectivity index (χ1n) is 32.3. The maximum atomic E-state index is 12.9. The molecule has 0 saturated heterocycles. The Hall–Kier alpha value is -4.71. The highest BCUT2D eigenvalue weighted by Crippen LogP contribution is 2.15. The van der Waals surface area contributed by atoms with Crippen LogP contribution in [0.2, 0.25) is 0 Å². The monoisotopic (exact) mass is 1090 g/mol. The second-order valence-corrected chi connectivity index (χ2v) is 20.9.